The molecule has 0 bridgehead atoms. The van der Waals surface area contributed by atoms with Gasteiger partial charge in [-0.05, 0) is 60.4 Å². The maximum Gasteiger partial charge on any atom is 0.335 e. The smallest absolute Gasteiger partial charge is 0.335 e. The van der Waals surface area contributed by atoms with Crippen molar-refractivity contribution in [3.63, 3.8) is 0 Å². The number of nitrogens with one attached hydrogen (secondary N) is 1. The van der Waals surface area contributed by atoms with Crippen LogP contribution in [0.2, 0.25) is 0 Å². The lowest BCUT2D eigenvalue weighted by Gasteiger charge is -2.42. The Kier molecular flexibility index (Phi) is 6.12. The van der Waals surface area contributed by atoms with Gasteiger partial charge in [0.15, 0.2) is 11.6 Å². The molecular weight excluding hydrogens is 468 g/mol. The summed E-state index contributed by atoms with van der Waals surface area (Å²) < 4.78 is 39.1. The lowest BCUT2D eigenvalue weighted by Crippen LogP contribution is -2.50. The fraction of sp³-hybridized carbons (Fsp3) is 0.286. The highest BCUT2D eigenvalue weighted by Crippen LogP contribution is 2.47. The van der Waals surface area contributed by atoms with E-state index in [1.54, 1.807) is 31.4 Å². The molecule has 3 aromatic carbocycles. The molecule has 1 aliphatic carbocycles. The zero-order chi connectivity index (χ0) is 25.4. The summed E-state index contributed by atoms with van der Waals surface area (Å²) in [6, 6.07) is 15.1. The Morgan fingerprint density at radius 3 is 2.39 bits per heavy atom. The fourth-order valence-electron chi connectivity index (χ4n) is 5.02. The van der Waals surface area contributed by atoms with E-state index >= 15 is 0 Å². The van der Waals surface area contributed by atoms with E-state index in [1.807, 2.05) is 6.07 Å². The third-order valence-electron chi connectivity index (χ3n) is 7.26. The minimum atomic E-state index is -1.02. The van der Waals surface area contributed by atoms with E-state index < -0.39 is 35.2 Å². The third kappa shape index (κ3) is 4.17. The van der Waals surface area contributed by atoms with Crippen molar-refractivity contribution < 1.29 is 33.0 Å². The molecule has 0 aromatic heterocycles. The quantitative estimate of drug-likeness (QED) is 0.475. The number of methoxy groups -OCH3 is 1. The van der Waals surface area contributed by atoms with Gasteiger partial charge in [0.25, 0.3) is 0 Å². The number of hydrogen-bond acceptors (Lipinski definition) is 4. The maximum absolute atomic E-state index is 14.0. The van der Waals surface area contributed by atoms with Crippen molar-refractivity contribution in [1.82, 2.24) is 5.32 Å². The van der Waals surface area contributed by atoms with Gasteiger partial charge < -0.3 is 19.9 Å². The first-order valence-electron chi connectivity index (χ1n) is 11.7. The van der Waals surface area contributed by atoms with Gasteiger partial charge in [-0.15, -0.1) is 0 Å². The number of aromatic carboxylic acids is 1. The van der Waals surface area contributed by atoms with E-state index in [-0.39, 0.29) is 11.5 Å². The molecule has 1 amide bonds. The van der Waals surface area contributed by atoms with Gasteiger partial charge in [-0.3, -0.25) is 4.79 Å². The number of benzene rings is 3. The van der Waals surface area contributed by atoms with E-state index in [0.29, 0.717) is 36.3 Å². The summed E-state index contributed by atoms with van der Waals surface area (Å²) in [5.41, 5.74) is 1.26. The van der Waals surface area contributed by atoms with Crippen molar-refractivity contribution in [3.05, 3.63) is 94.6 Å². The van der Waals surface area contributed by atoms with Gasteiger partial charge >= 0.3 is 5.97 Å². The number of carboxylic acid groups (broad SMARTS) is 1. The molecular formula is C28H25F2NO5. The topological polar surface area (TPSA) is 84.9 Å². The van der Waals surface area contributed by atoms with Crippen LogP contribution >= 0.6 is 0 Å². The van der Waals surface area contributed by atoms with Gasteiger partial charge in [-0.2, -0.15) is 0 Å². The summed E-state index contributed by atoms with van der Waals surface area (Å²) in [6.07, 6.45) is 1.86. The molecule has 3 aromatic rings. The molecule has 0 radical (unpaired) electrons. The lowest BCUT2D eigenvalue weighted by atomic mass is 9.63. The molecule has 0 saturated heterocycles. The predicted octanol–water partition coefficient (Wildman–Crippen LogP) is 5.47. The van der Waals surface area contributed by atoms with Crippen LogP contribution in [0.15, 0.2) is 60.7 Å². The zero-order valence-corrected chi connectivity index (χ0v) is 19.6. The van der Waals surface area contributed by atoms with Gasteiger partial charge in [0.2, 0.25) is 5.91 Å². The van der Waals surface area contributed by atoms with Crippen LogP contribution in [-0.4, -0.2) is 24.1 Å². The van der Waals surface area contributed by atoms with E-state index in [2.05, 4.69) is 5.32 Å². The normalized spacial score (nSPS) is 19.9. The lowest BCUT2D eigenvalue weighted by molar-refractivity contribution is -0.131. The Balaban J connectivity index is 1.46. The summed E-state index contributed by atoms with van der Waals surface area (Å²) in [4.78, 5) is 24.9. The minimum Gasteiger partial charge on any atom is -0.497 e. The molecule has 5 rings (SSSR count). The molecule has 2 N–H and O–H groups in total. The van der Waals surface area contributed by atoms with Crippen LogP contribution in [0.5, 0.6) is 11.5 Å². The van der Waals surface area contributed by atoms with Crippen molar-refractivity contribution in [3.8, 4) is 11.5 Å². The molecule has 0 spiro atoms. The number of amides is 1. The van der Waals surface area contributed by atoms with Crippen LogP contribution in [0.25, 0.3) is 0 Å². The molecule has 1 fully saturated rings. The molecule has 6 nitrogen and oxygen atoms in total. The van der Waals surface area contributed by atoms with E-state index in [4.69, 9.17) is 9.47 Å². The number of carbonyl (C=O) groups excluding carboxylic acids is 1. The average molecular weight is 494 g/mol. The minimum absolute atomic E-state index is 0.167. The first-order chi connectivity index (χ1) is 17.3. The molecule has 8 heteroatoms. The summed E-state index contributed by atoms with van der Waals surface area (Å²) in [7, 11) is 1.55. The van der Waals surface area contributed by atoms with Crippen LogP contribution in [0, 0.1) is 11.6 Å². The summed E-state index contributed by atoms with van der Waals surface area (Å²) in [6.45, 7) is 0. The number of carboxylic acids is 1. The van der Waals surface area contributed by atoms with Crippen LogP contribution in [-0.2, 0) is 10.2 Å². The average Bonchev–Trinajstić information content (AvgIpc) is 2.85. The van der Waals surface area contributed by atoms with Crippen LogP contribution in [0.3, 0.4) is 0 Å². The highest BCUT2D eigenvalue weighted by molar-refractivity contribution is 5.90. The van der Waals surface area contributed by atoms with Crippen molar-refractivity contribution in [1.29, 1.82) is 0 Å². The number of halogens is 2. The Labute approximate surface area is 206 Å². The second-order valence-corrected chi connectivity index (χ2v) is 9.26. The molecule has 186 valence electrons. The largest absolute Gasteiger partial charge is 0.497 e. The second kappa shape index (κ2) is 9.26. The van der Waals surface area contributed by atoms with E-state index in [0.717, 1.165) is 29.7 Å². The maximum atomic E-state index is 14.0. The van der Waals surface area contributed by atoms with Crippen molar-refractivity contribution in [2.75, 3.05) is 7.11 Å². The Morgan fingerprint density at radius 1 is 1.03 bits per heavy atom. The van der Waals surface area contributed by atoms with Gasteiger partial charge in [0, 0.05) is 18.1 Å². The molecule has 0 unspecified atom stereocenters. The van der Waals surface area contributed by atoms with Crippen LogP contribution in [0.1, 0.15) is 64.9 Å². The molecule has 36 heavy (non-hydrogen) atoms. The van der Waals surface area contributed by atoms with Crippen LogP contribution < -0.4 is 14.8 Å². The van der Waals surface area contributed by atoms with Gasteiger partial charge in [0.05, 0.1) is 24.1 Å². The molecule has 1 aliphatic heterocycles. The number of hydrogen-bond donors (Lipinski definition) is 2. The molecule has 1 saturated carbocycles. The first kappa shape index (κ1) is 23.8. The second-order valence-electron chi connectivity index (χ2n) is 9.26. The molecule has 2 aliphatic rings. The fourth-order valence-corrected chi connectivity index (χ4v) is 5.02. The molecule has 1 heterocycles. The van der Waals surface area contributed by atoms with Crippen LogP contribution in [0.4, 0.5) is 8.78 Å². The Hall–Kier alpha value is -3.94. The highest BCUT2D eigenvalue weighted by atomic mass is 19.2. The third-order valence-corrected chi connectivity index (χ3v) is 7.26. The zero-order valence-electron chi connectivity index (χ0n) is 19.6. The number of ether oxygens (including phenoxy) is 2. The van der Waals surface area contributed by atoms with Gasteiger partial charge in [-0.25, -0.2) is 13.6 Å². The monoisotopic (exact) mass is 493 g/mol. The van der Waals surface area contributed by atoms with Crippen molar-refractivity contribution in [2.24, 2.45) is 0 Å². The summed E-state index contributed by atoms with van der Waals surface area (Å²) >= 11 is 0. The SMILES string of the molecule is COc1ccc2c(c1)O[C@@H](c1ccc(C(=O)O)cc1)C[C@H]2NC(=O)C1(c2ccc(F)c(F)c2)CCC1. The Bertz CT molecular complexity index is 1320. The van der Waals surface area contributed by atoms with Gasteiger partial charge in [-0.1, -0.05) is 24.6 Å². The standard InChI is InChI=1S/C28H25F2NO5/c1-35-19-8-9-20-23(15-24(36-25(20)14-19)16-3-5-17(6-4-16)26(32)33)31-27(34)28(11-2-12-28)18-7-10-21(29)22(30)13-18/h3-10,13-14,23-24H,2,11-12,15H2,1H3,(H,31,34)(H,32,33)/t23-,24-/m1/s1. The number of rotatable bonds is 6. The van der Waals surface area contributed by atoms with E-state index in [1.165, 1.54) is 18.2 Å². The van der Waals surface area contributed by atoms with E-state index in [9.17, 15) is 23.5 Å². The van der Waals surface area contributed by atoms with Crippen molar-refractivity contribution in [2.45, 2.75) is 43.2 Å². The van der Waals surface area contributed by atoms with Crippen molar-refractivity contribution >= 4 is 11.9 Å². The first-order valence-corrected chi connectivity index (χ1v) is 11.7. The summed E-state index contributed by atoms with van der Waals surface area (Å²) in [5.74, 6) is -2.04. The van der Waals surface area contributed by atoms with Gasteiger partial charge in [0.1, 0.15) is 17.6 Å². The molecule has 2 atom stereocenters. The summed E-state index contributed by atoms with van der Waals surface area (Å²) in [5, 5.41) is 12.4. The number of carbonyl (C=O) groups is 2. The number of fused-ring (bicyclic) bond motifs is 1. The highest BCUT2D eigenvalue weighted by Gasteiger charge is 2.47. The predicted molar refractivity (Wildman–Crippen MR) is 127 cm³/mol. The Morgan fingerprint density at radius 2 is 1.78 bits per heavy atom.